The number of aromatic nitrogens is 1. The molecule has 1 amide bonds. The van der Waals surface area contributed by atoms with Gasteiger partial charge in [-0.2, -0.15) is 0 Å². The van der Waals surface area contributed by atoms with Crippen LogP contribution >= 0.6 is 11.3 Å². The van der Waals surface area contributed by atoms with E-state index < -0.39 is 0 Å². The van der Waals surface area contributed by atoms with Crippen molar-refractivity contribution in [3.63, 3.8) is 0 Å². The highest BCUT2D eigenvalue weighted by atomic mass is 32.1. The fourth-order valence-electron chi connectivity index (χ4n) is 1.82. The molecule has 0 aliphatic rings. The second kappa shape index (κ2) is 7.61. The fraction of sp³-hybridized carbons (Fsp3) is 0.250. The number of hydrogen-bond donors (Lipinski definition) is 0. The Labute approximate surface area is 133 Å². The van der Waals surface area contributed by atoms with Crippen LogP contribution in [-0.2, 0) is 4.79 Å². The lowest BCUT2D eigenvalue weighted by Gasteiger charge is -2.15. The summed E-state index contributed by atoms with van der Waals surface area (Å²) >= 11 is 1.40. The number of methoxy groups -OCH3 is 1. The largest absolute Gasteiger partial charge is 0.493 e. The van der Waals surface area contributed by atoms with Crippen LogP contribution in [0, 0.1) is 0 Å². The molecule has 2 rings (SSSR count). The van der Waals surface area contributed by atoms with Crippen LogP contribution in [0.2, 0.25) is 0 Å². The van der Waals surface area contributed by atoms with Gasteiger partial charge in [0.05, 0.1) is 7.11 Å². The predicted molar refractivity (Wildman–Crippen MR) is 88.7 cm³/mol. The molecule has 0 spiro atoms. The van der Waals surface area contributed by atoms with E-state index in [1.165, 1.54) is 16.2 Å². The number of benzene rings is 1. The second-order valence-corrected chi connectivity index (χ2v) is 5.34. The third-order valence-corrected chi connectivity index (χ3v) is 3.83. The zero-order chi connectivity index (χ0) is 15.9. The average Bonchev–Trinajstić information content (AvgIpc) is 3.07. The van der Waals surface area contributed by atoms with Gasteiger partial charge in [-0.1, -0.05) is 18.2 Å². The van der Waals surface area contributed by atoms with Crippen molar-refractivity contribution in [2.45, 2.75) is 6.92 Å². The first-order valence-corrected chi connectivity index (χ1v) is 7.63. The molecule has 22 heavy (non-hydrogen) atoms. The van der Waals surface area contributed by atoms with Crippen LogP contribution in [0.15, 0.2) is 35.9 Å². The number of ether oxygens (including phenoxy) is 2. The highest BCUT2D eigenvalue weighted by Gasteiger charge is 2.15. The Hall–Kier alpha value is -2.34. The topological polar surface area (TPSA) is 51.7 Å². The normalized spacial score (nSPS) is 10.7. The number of carbonyl (C=O) groups is 1. The van der Waals surface area contributed by atoms with Crippen molar-refractivity contribution in [1.29, 1.82) is 0 Å². The molecule has 0 radical (unpaired) electrons. The fourth-order valence-corrected chi connectivity index (χ4v) is 2.45. The number of hydrogen-bond acceptors (Lipinski definition) is 5. The van der Waals surface area contributed by atoms with Gasteiger partial charge in [0.1, 0.15) is 0 Å². The first-order valence-electron chi connectivity index (χ1n) is 6.75. The van der Waals surface area contributed by atoms with E-state index in [9.17, 15) is 4.79 Å². The quantitative estimate of drug-likeness (QED) is 0.820. The van der Waals surface area contributed by atoms with Crippen LogP contribution < -0.4 is 14.4 Å². The van der Waals surface area contributed by atoms with Gasteiger partial charge >= 0.3 is 0 Å². The van der Waals surface area contributed by atoms with E-state index in [2.05, 4.69) is 4.98 Å². The van der Waals surface area contributed by atoms with Gasteiger partial charge in [0.15, 0.2) is 23.2 Å². The summed E-state index contributed by atoms with van der Waals surface area (Å²) in [5.41, 5.74) is 1.01. The van der Waals surface area contributed by atoms with Crippen molar-refractivity contribution in [1.82, 2.24) is 4.98 Å². The van der Waals surface area contributed by atoms with E-state index in [0.29, 0.717) is 16.6 Å². The highest BCUT2D eigenvalue weighted by Crippen LogP contribution is 2.28. The summed E-state index contributed by atoms with van der Waals surface area (Å²) in [4.78, 5) is 17.7. The Morgan fingerprint density at radius 1 is 1.41 bits per heavy atom. The van der Waals surface area contributed by atoms with Crippen LogP contribution in [0.4, 0.5) is 5.13 Å². The molecule has 5 nitrogen and oxygen atoms in total. The van der Waals surface area contributed by atoms with Crippen molar-refractivity contribution in [2.75, 3.05) is 25.7 Å². The third kappa shape index (κ3) is 3.85. The molecular formula is C16H18N2O3S. The van der Waals surface area contributed by atoms with Gasteiger partial charge in [0, 0.05) is 18.6 Å². The number of nitrogens with zero attached hydrogens (tertiary/aromatic N) is 2. The smallest absolute Gasteiger partial charge is 0.266 e. The number of amides is 1. The molecule has 6 heteroatoms. The summed E-state index contributed by atoms with van der Waals surface area (Å²) in [5, 5.41) is 2.46. The Bertz CT molecular complexity index is 653. The summed E-state index contributed by atoms with van der Waals surface area (Å²) in [6, 6.07) is 5.57. The maximum Gasteiger partial charge on any atom is 0.266 e. The molecule has 116 valence electrons. The minimum absolute atomic E-state index is 0.0740. The molecule has 1 aromatic carbocycles. The van der Waals surface area contributed by atoms with Crippen molar-refractivity contribution >= 4 is 28.5 Å². The number of likely N-dealkylation sites (N-methyl/N-ethyl adjacent to an activating group) is 1. The van der Waals surface area contributed by atoms with Crippen molar-refractivity contribution in [2.24, 2.45) is 0 Å². The molecule has 0 N–H and O–H groups in total. The molecule has 0 atom stereocenters. The lowest BCUT2D eigenvalue weighted by Crippen LogP contribution is -2.31. The molecule has 0 unspecified atom stereocenters. The van der Waals surface area contributed by atoms with Crippen LogP contribution in [0.25, 0.3) is 6.08 Å². The van der Waals surface area contributed by atoms with Gasteiger partial charge in [-0.3, -0.25) is 9.69 Å². The zero-order valence-corrected chi connectivity index (χ0v) is 13.6. The molecule has 0 aliphatic heterocycles. The average molecular weight is 318 g/mol. The summed E-state index contributed by atoms with van der Waals surface area (Å²) in [6.07, 6.45) is 5.57. The van der Waals surface area contributed by atoms with E-state index >= 15 is 0 Å². The maximum absolute atomic E-state index is 12.1. The molecular weight excluding hydrogens is 300 g/mol. The summed E-state index contributed by atoms with van der Waals surface area (Å²) in [5.74, 6) is 0.964. The Kier molecular flexibility index (Phi) is 5.55. The van der Waals surface area contributed by atoms with Gasteiger partial charge in [-0.25, -0.2) is 4.98 Å². The summed E-state index contributed by atoms with van der Waals surface area (Å²) in [6.45, 7) is 1.87. The minimum atomic E-state index is -0.172. The minimum Gasteiger partial charge on any atom is -0.493 e. The second-order valence-electron chi connectivity index (χ2n) is 4.47. The van der Waals surface area contributed by atoms with Crippen LogP contribution in [0.3, 0.4) is 0 Å². The number of anilines is 1. The van der Waals surface area contributed by atoms with Crippen LogP contribution in [0.1, 0.15) is 12.5 Å². The molecule has 1 heterocycles. The van der Waals surface area contributed by atoms with Gasteiger partial charge in [-0.05, 0) is 24.6 Å². The van der Waals surface area contributed by atoms with Gasteiger partial charge < -0.3 is 9.47 Å². The number of allylic oxidation sites excluding steroid dienone is 1. The summed E-state index contributed by atoms with van der Waals surface area (Å²) < 4.78 is 10.9. The molecule has 0 saturated carbocycles. The first kappa shape index (κ1) is 16.0. The predicted octanol–water partition coefficient (Wildman–Crippen LogP) is 3.23. The Morgan fingerprint density at radius 3 is 2.86 bits per heavy atom. The van der Waals surface area contributed by atoms with E-state index in [0.717, 1.165) is 5.56 Å². The Morgan fingerprint density at radius 2 is 2.23 bits per heavy atom. The van der Waals surface area contributed by atoms with E-state index in [4.69, 9.17) is 9.47 Å². The number of thiazole rings is 1. The molecule has 2 aromatic rings. The van der Waals surface area contributed by atoms with Gasteiger partial charge in [0.25, 0.3) is 5.91 Å². The molecule has 0 bridgehead atoms. The lowest BCUT2D eigenvalue weighted by atomic mass is 10.2. The number of carbonyl (C=O) groups excluding carboxylic acids is 1. The van der Waals surface area contributed by atoms with Crippen LogP contribution in [0.5, 0.6) is 11.5 Å². The molecule has 0 aliphatic carbocycles. The van der Waals surface area contributed by atoms with Crippen molar-refractivity contribution in [3.05, 3.63) is 41.4 Å². The SMILES string of the molecule is CC=Cc1ccc(OCC(=O)N(C)c2nccs2)c(OC)c1. The van der Waals surface area contributed by atoms with E-state index in [-0.39, 0.29) is 12.5 Å². The summed E-state index contributed by atoms with van der Waals surface area (Å²) in [7, 11) is 3.25. The maximum atomic E-state index is 12.1. The third-order valence-electron chi connectivity index (χ3n) is 2.98. The van der Waals surface area contributed by atoms with Gasteiger partial charge in [0.2, 0.25) is 0 Å². The zero-order valence-electron chi connectivity index (χ0n) is 12.8. The van der Waals surface area contributed by atoms with Crippen LogP contribution in [-0.4, -0.2) is 31.7 Å². The van der Waals surface area contributed by atoms with Crippen molar-refractivity contribution in [3.8, 4) is 11.5 Å². The van der Waals surface area contributed by atoms with E-state index in [1.54, 1.807) is 26.4 Å². The monoisotopic (exact) mass is 318 g/mol. The number of rotatable bonds is 6. The first-order chi connectivity index (χ1) is 10.7. The molecule has 0 fully saturated rings. The standard InChI is InChI=1S/C16H18N2O3S/c1-4-5-12-6-7-13(14(10-12)20-3)21-11-15(19)18(2)16-17-8-9-22-16/h4-10H,11H2,1-3H3. The molecule has 1 aromatic heterocycles. The van der Waals surface area contributed by atoms with Crippen molar-refractivity contribution < 1.29 is 14.3 Å². The molecule has 0 saturated heterocycles. The highest BCUT2D eigenvalue weighted by molar-refractivity contribution is 7.13. The van der Waals surface area contributed by atoms with Gasteiger partial charge in [-0.15, -0.1) is 11.3 Å². The van der Waals surface area contributed by atoms with E-state index in [1.807, 2.05) is 36.6 Å². The Balaban J connectivity index is 2.03. The lowest BCUT2D eigenvalue weighted by molar-refractivity contribution is -0.120.